The number of aromatic nitrogens is 4. The van der Waals surface area contributed by atoms with Crippen molar-refractivity contribution in [3.05, 3.63) is 47.0 Å². The molecule has 0 bridgehead atoms. The van der Waals surface area contributed by atoms with Crippen LogP contribution in [-0.4, -0.2) is 20.4 Å². The summed E-state index contributed by atoms with van der Waals surface area (Å²) in [6.07, 6.45) is 3.49. The molecule has 0 spiro atoms. The standard InChI is InChI=1S/2C6H8N2.4C2H6/c2*1-5-3-6(2)8-7-4-5;4*1-2/h2*3-4H,1-2H3;4*1-2H3. The highest BCUT2D eigenvalue weighted by molar-refractivity contribution is 5.08. The third-order valence-corrected chi connectivity index (χ3v) is 1.83. The first kappa shape index (κ1) is 30.1. The normalized spacial score (nSPS) is 7.17. The summed E-state index contributed by atoms with van der Waals surface area (Å²) in [5.74, 6) is 0. The second-order valence-corrected chi connectivity index (χ2v) is 3.75. The fourth-order valence-electron chi connectivity index (χ4n) is 1.21. The molecule has 2 heterocycles. The maximum atomic E-state index is 3.79. The minimum Gasteiger partial charge on any atom is -0.159 e. The van der Waals surface area contributed by atoms with Gasteiger partial charge < -0.3 is 0 Å². The SMILES string of the molecule is CC.CC.CC.CC.Cc1cnnc(C)c1.Cc1cnnc(C)c1. The summed E-state index contributed by atoms with van der Waals surface area (Å²) >= 11 is 0. The summed E-state index contributed by atoms with van der Waals surface area (Å²) in [4.78, 5) is 0. The van der Waals surface area contributed by atoms with Crippen LogP contribution in [0.4, 0.5) is 0 Å². The van der Waals surface area contributed by atoms with Gasteiger partial charge in [0.25, 0.3) is 0 Å². The molecule has 0 aliphatic heterocycles. The van der Waals surface area contributed by atoms with Crippen molar-refractivity contribution in [3.63, 3.8) is 0 Å². The Hall–Kier alpha value is -1.84. The zero-order valence-electron chi connectivity index (χ0n) is 18.1. The molecule has 2 rings (SSSR count). The van der Waals surface area contributed by atoms with Gasteiger partial charge in [0, 0.05) is 0 Å². The third kappa shape index (κ3) is 22.4. The van der Waals surface area contributed by atoms with Gasteiger partial charge in [0.05, 0.1) is 23.8 Å². The fraction of sp³-hybridized carbons (Fsp3) is 0.600. The number of hydrogen-bond acceptors (Lipinski definition) is 4. The average Bonchev–Trinajstić information content (AvgIpc) is 2.62. The Morgan fingerprint density at radius 2 is 0.750 bits per heavy atom. The molecular formula is C20H40N4. The van der Waals surface area contributed by atoms with Crippen molar-refractivity contribution in [2.24, 2.45) is 0 Å². The van der Waals surface area contributed by atoms with E-state index in [9.17, 15) is 0 Å². The highest BCUT2D eigenvalue weighted by Gasteiger charge is 1.84. The van der Waals surface area contributed by atoms with Crippen molar-refractivity contribution in [2.75, 3.05) is 0 Å². The first-order chi connectivity index (χ1) is 11.6. The minimum absolute atomic E-state index is 0.977. The van der Waals surface area contributed by atoms with E-state index in [4.69, 9.17) is 0 Å². The molecule has 4 heteroatoms. The van der Waals surface area contributed by atoms with Gasteiger partial charge in [0.15, 0.2) is 0 Å². The lowest BCUT2D eigenvalue weighted by Gasteiger charge is -1.88. The van der Waals surface area contributed by atoms with E-state index in [2.05, 4.69) is 20.4 Å². The van der Waals surface area contributed by atoms with E-state index in [-0.39, 0.29) is 0 Å². The number of rotatable bonds is 0. The van der Waals surface area contributed by atoms with Crippen LogP contribution < -0.4 is 0 Å². The zero-order chi connectivity index (χ0) is 20.0. The van der Waals surface area contributed by atoms with Crippen LogP contribution in [0.2, 0.25) is 0 Å². The second-order valence-electron chi connectivity index (χ2n) is 3.75. The molecule has 0 unspecified atom stereocenters. The molecule has 0 saturated carbocycles. The molecule has 2 aromatic rings. The predicted octanol–water partition coefficient (Wildman–Crippen LogP) is 6.29. The predicted molar refractivity (Wildman–Crippen MR) is 108 cm³/mol. The molecule has 24 heavy (non-hydrogen) atoms. The molecule has 0 radical (unpaired) electrons. The molecule has 2 aromatic heterocycles. The van der Waals surface area contributed by atoms with Gasteiger partial charge in [0.2, 0.25) is 0 Å². The van der Waals surface area contributed by atoms with Crippen LogP contribution >= 0.6 is 0 Å². The monoisotopic (exact) mass is 336 g/mol. The van der Waals surface area contributed by atoms with E-state index < -0.39 is 0 Å². The van der Waals surface area contributed by atoms with E-state index >= 15 is 0 Å². The topological polar surface area (TPSA) is 51.6 Å². The van der Waals surface area contributed by atoms with Gasteiger partial charge in [-0.15, -0.1) is 0 Å². The van der Waals surface area contributed by atoms with Crippen molar-refractivity contribution in [2.45, 2.75) is 83.1 Å². The van der Waals surface area contributed by atoms with E-state index in [0.29, 0.717) is 0 Å². The van der Waals surface area contributed by atoms with E-state index in [1.165, 1.54) is 0 Å². The van der Waals surface area contributed by atoms with Gasteiger partial charge in [-0.05, 0) is 51.0 Å². The molecule has 0 atom stereocenters. The van der Waals surface area contributed by atoms with Gasteiger partial charge in [-0.3, -0.25) is 0 Å². The van der Waals surface area contributed by atoms with Gasteiger partial charge >= 0.3 is 0 Å². The highest BCUT2D eigenvalue weighted by atomic mass is 15.1. The fourth-order valence-corrected chi connectivity index (χ4v) is 1.21. The van der Waals surface area contributed by atoms with Crippen LogP contribution in [0.3, 0.4) is 0 Å². The maximum Gasteiger partial charge on any atom is 0.0602 e. The van der Waals surface area contributed by atoms with Crippen LogP contribution in [0.25, 0.3) is 0 Å². The molecule has 0 N–H and O–H groups in total. The minimum atomic E-state index is 0.977. The summed E-state index contributed by atoms with van der Waals surface area (Å²) in [7, 11) is 0. The number of aryl methyl sites for hydroxylation is 4. The molecule has 0 aromatic carbocycles. The summed E-state index contributed by atoms with van der Waals surface area (Å²) in [6, 6.07) is 3.99. The molecule has 4 nitrogen and oxygen atoms in total. The largest absolute Gasteiger partial charge is 0.159 e. The Balaban J connectivity index is -0.000000118. The lowest BCUT2D eigenvalue weighted by atomic mass is 10.3. The third-order valence-electron chi connectivity index (χ3n) is 1.83. The quantitative estimate of drug-likeness (QED) is 0.567. The van der Waals surface area contributed by atoms with E-state index in [0.717, 1.165) is 22.5 Å². The highest BCUT2D eigenvalue weighted by Crippen LogP contribution is 1.93. The average molecular weight is 337 g/mol. The zero-order valence-corrected chi connectivity index (χ0v) is 18.1. The van der Waals surface area contributed by atoms with Crippen molar-refractivity contribution < 1.29 is 0 Å². The summed E-state index contributed by atoms with van der Waals surface area (Å²) in [5, 5.41) is 15.0. The van der Waals surface area contributed by atoms with Crippen LogP contribution in [0.5, 0.6) is 0 Å². The van der Waals surface area contributed by atoms with Crippen LogP contribution in [-0.2, 0) is 0 Å². The smallest absolute Gasteiger partial charge is 0.0602 e. The van der Waals surface area contributed by atoms with Crippen LogP contribution in [0.15, 0.2) is 24.5 Å². The van der Waals surface area contributed by atoms with Gasteiger partial charge in [-0.1, -0.05) is 55.4 Å². The van der Waals surface area contributed by atoms with Crippen molar-refractivity contribution in [1.29, 1.82) is 0 Å². The Morgan fingerprint density at radius 1 is 0.500 bits per heavy atom. The molecule has 0 amide bonds. The molecule has 0 fully saturated rings. The Labute approximate surface area is 151 Å². The summed E-state index contributed by atoms with van der Waals surface area (Å²) < 4.78 is 0. The summed E-state index contributed by atoms with van der Waals surface area (Å²) in [5.41, 5.74) is 4.28. The molecule has 0 saturated heterocycles. The molecule has 0 aliphatic carbocycles. The maximum absolute atomic E-state index is 3.79. The molecule has 0 aliphatic rings. The molecular weight excluding hydrogens is 296 g/mol. The molecule has 140 valence electrons. The Kier molecular flexibility index (Phi) is 32.7. The first-order valence-corrected chi connectivity index (χ1v) is 9.10. The van der Waals surface area contributed by atoms with Gasteiger partial charge in [0.1, 0.15) is 0 Å². The first-order valence-electron chi connectivity index (χ1n) is 9.10. The van der Waals surface area contributed by atoms with E-state index in [1.807, 2.05) is 95.2 Å². The van der Waals surface area contributed by atoms with Crippen molar-refractivity contribution in [1.82, 2.24) is 20.4 Å². The Morgan fingerprint density at radius 3 is 0.875 bits per heavy atom. The number of nitrogens with zero attached hydrogens (tertiary/aromatic N) is 4. The Bertz CT molecular complexity index is 379. The van der Waals surface area contributed by atoms with Gasteiger partial charge in [-0.25, -0.2) is 0 Å². The second kappa shape index (κ2) is 26.1. The van der Waals surface area contributed by atoms with E-state index in [1.54, 1.807) is 12.4 Å². The number of hydrogen-bond donors (Lipinski definition) is 0. The lowest BCUT2D eigenvalue weighted by Crippen LogP contribution is -1.84. The summed E-state index contributed by atoms with van der Waals surface area (Å²) in [6.45, 7) is 23.9. The van der Waals surface area contributed by atoms with Crippen molar-refractivity contribution >= 4 is 0 Å². The lowest BCUT2D eigenvalue weighted by molar-refractivity contribution is 0.966. The van der Waals surface area contributed by atoms with Crippen LogP contribution in [0, 0.1) is 27.7 Å². The van der Waals surface area contributed by atoms with Crippen molar-refractivity contribution in [3.8, 4) is 0 Å². The van der Waals surface area contributed by atoms with Crippen LogP contribution in [0.1, 0.15) is 77.9 Å². The van der Waals surface area contributed by atoms with Gasteiger partial charge in [-0.2, -0.15) is 20.4 Å².